The number of carbonyl (C=O) groups excluding carboxylic acids is 1. The number of fused-ring (bicyclic) bond motifs is 2. The van der Waals surface area contributed by atoms with Gasteiger partial charge in [0.25, 0.3) is 5.91 Å². The molecule has 164 valence electrons. The molecule has 2 aliphatic rings. The zero-order valence-corrected chi connectivity index (χ0v) is 18.0. The van der Waals surface area contributed by atoms with E-state index in [1.54, 1.807) is 6.07 Å². The Kier molecular flexibility index (Phi) is 4.55. The molecule has 0 unspecified atom stereocenters. The van der Waals surface area contributed by atoms with Crippen LogP contribution in [0.3, 0.4) is 0 Å². The molecule has 2 fully saturated rings. The number of anilines is 1. The summed E-state index contributed by atoms with van der Waals surface area (Å²) in [5, 5.41) is 9.91. The van der Waals surface area contributed by atoms with Gasteiger partial charge in [0, 0.05) is 35.7 Å². The minimum absolute atomic E-state index is 0.0754. The van der Waals surface area contributed by atoms with Gasteiger partial charge in [-0.15, -0.1) is 0 Å². The molecular formula is C22H22ClN7O2. The van der Waals surface area contributed by atoms with Crippen molar-refractivity contribution in [2.45, 2.75) is 37.8 Å². The molecular weight excluding hydrogens is 430 g/mol. The molecule has 1 aliphatic heterocycles. The van der Waals surface area contributed by atoms with Crippen molar-refractivity contribution in [3.8, 4) is 11.4 Å². The average molecular weight is 452 g/mol. The molecule has 10 heteroatoms. The van der Waals surface area contributed by atoms with E-state index >= 15 is 0 Å². The van der Waals surface area contributed by atoms with Crippen LogP contribution in [0.1, 0.15) is 42.1 Å². The fourth-order valence-corrected chi connectivity index (χ4v) is 4.62. The molecule has 1 amide bonds. The topological polar surface area (TPSA) is 124 Å². The van der Waals surface area contributed by atoms with E-state index in [0.29, 0.717) is 58.1 Å². The lowest BCUT2D eigenvalue weighted by Gasteiger charge is -2.22. The molecule has 1 saturated carbocycles. The Morgan fingerprint density at radius 1 is 1.22 bits per heavy atom. The smallest absolute Gasteiger partial charge is 0.251 e. The van der Waals surface area contributed by atoms with Crippen molar-refractivity contribution < 1.29 is 9.53 Å². The van der Waals surface area contributed by atoms with Gasteiger partial charge in [-0.2, -0.15) is 5.10 Å². The average Bonchev–Trinajstić information content (AvgIpc) is 3.45. The summed E-state index contributed by atoms with van der Waals surface area (Å²) < 4.78 is 7.43. The van der Waals surface area contributed by atoms with Crippen molar-refractivity contribution in [3.05, 3.63) is 35.1 Å². The van der Waals surface area contributed by atoms with Crippen LogP contribution in [0.15, 0.2) is 24.5 Å². The number of nitrogens with zero attached hydrogens (tertiary/aromatic N) is 4. The minimum Gasteiger partial charge on any atom is -0.383 e. The Bertz CT molecular complexity index is 1350. The van der Waals surface area contributed by atoms with Gasteiger partial charge in [-0.25, -0.2) is 14.6 Å². The number of hydrogen-bond acceptors (Lipinski definition) is 6. The number of rotatable bonds is 4. The van der Waals surface area contributed by atoms with Crippen molar-refractivity contribution in [3.63, 3.8) is 0 Å². The second-order valence-electron chi connectivity index (χ2n) is 8.42. The number of H-pyrrole nitrogens is 1. The zero-order chi connectivity index (χ0) is 21.8. The van der Waals surface area contributed by atoms with E-state index in [-0.39, 0.29) is 11.9 Å². The third kappa shape index (κ3) is 3.20. The molecule has 32 heavy (non-hydrogen) atoms. The van der Waals surface area contributed by atoms with Gasteiger partial charge in [-0.3, -0.25) is 4.79 Å². The number of aromatic amines is 1. The molecule has 1 saturated heterocycles. The summed E-state index contributed by atoms with van der Waals surface area (Å²) in [5.74, 6) is 0.274. The number of amides is 1. The summed E-state index contributed by atoms with van der Waals surface area (Å²) in [7, 11) is 0. The van der Waals surface area contributed by atoms with Crippen molar-refractivity contribution in [1.29, 1.82) is 0 Å². The van der Waals surface area contributed by atoms with Crippen LogP contribution in [0, 0.1) is 0 Å². The normalized spacial score (nSPS) is 17.3. The number of halogens is 1. The second kappa shape index (κ2) is 7.46. The van der Waals surface area contributed by atoms with Gasteiger partial charge in [-0.05, 0) is 37.8 Å². The van der Waals surface area contributed by atoms with Gasteiger partial charge < -0.3 is 20.8 Å². The Morgan fingerprint density at radius 3 is 2.81 bits per heavy atom. The molecule has 0 spiro atoms. The predicted molar refractivity (Wildman–Crippen MR) is 122 cm³/mol. The number of nitrogen functional groups attached to an aromatic ring is 1. The third-order valence-electron chi connectivity index (χ3n) is 6.20. The standard InChI is InChI=1S/C22H22ClN7O2/c23-17-14-4-1-11(22(31)27-12-2-3-12)9-15(14)28-19(17)18-16-20(24)25-10-26-21(16)30(29-18)13-5-7-32-8-6-13/h1,4,9-10,12-13,28H,2-3,5-8H2,(H,27,31)(H2,24,25,26). The maximum Gasteiger partial charge on any atom is 0.251 e. The second-order valence-corrected chi connectivity index (χ2v) is 8.79. The number of nitrogens with two attached hydrogens (primary N) is 1. The van der Waals surface area contributed by atoms with Gasteiger partial charge in [0.2, 0.25) is 0 Å². The van der Waals surface area contributed by atoms with Crippen LogP contribution in [-0.4, -0.2) is 49.9 Å². The first-order valence-corrected chi connectivity index (χ1v) is 11.2. The quantitative estimate of drug-likeness (QED) is 0.436. The van der Waals surface area contributed by atoms with Gasteiger partial charge in [0.1, 0.15) is 17.8 Å². The maximum atomic E-state index is 12.5. The van der Waals surface area contributed by atoms with Gasteiger partial charge in [0.05, 0.1) is 22.1 Å². The van der Waals surface area contributed by atoms with E-state index < -0.39 is 0 Å². The van der Waals surface area contributed by atoms with Crippen molar-refractivity contribution in [1.82, 2.24) is 30.0 Å². The fourth-order valence-electron chi connectivity index (χ4n) is 4.32. The summed E-state index contributed by atoms with van der Waals surface area (Å²) in [6.45, 7) is 1.36. The number of hydrogen-bond donors (Lipinski definition) is 3. The minimum atomic E-state index is -0.0754. The SMILES string of the molecule is Nc1ncnc2c1c(-c1[nH]c3cc(C(=O)NC4CC4)ccc3c1Cl)nn2C1CCOCC1. The molecule has 0 atom stereocenters. The third-order valence-corrected chi connectivity index (χ3v) is 6.59. The maximum absolute atomic E-state index is 12.5. The lowest BCUT2D eigenvalue weighted by atomic mass is 10.1. The first kappa shape index (κ1) is 19.5. The van der Waals surface area contributed by atoms with Crippen molar-refractivity contribution in [2.24, 2.45) is 0 Å². The van der Waals surface area contributed by atoms with Crippen LogP contribution >= 0.6 is 11.6 Å². The molecule has 0 bridgehead atoms. The summed E-state index contributed by atoms with van der Waals surface area (Å²) in [6, 6.07) is 5.93. The Morgan fingerprint density at radius 2 is 2.03 bits per heavy atom. The van der Waals surface area contributed by atoms with E-state index in [0.717, 1.165) is 36.6 Å². The summed E-state index contributed by atoms with van der Waals surface area (Å²) >= 11 is 6.78. The number of benzene rings is 1. The van der Waals surface area contributed by atoms with E-state index in [4.69, 9.17) is 27.2 Å². The Hall–Kier alpha value is -3.17. The number of carbonyl (C=O) groups is 1. The highest BCUT2D eigenvalue weighted by molar-refractivity contribution is 6.38. The molecule has 3 aromatic heterocycles. The Balaban J connectivity index is 1.48. The van der Waals surface area contributed by atoms with E-state index in [1.807, 2.05) is 16.8 Å². The lowest BCUT2D eigenvalue weighted by Crippen LogP contribution is -2.25. The monoisotopic (exact) mass is 451 g/mol. The molecule has 9 nitrogen and oxygen atoms in total. The summed E-state index contributed by atoms with van der Waals surface area (Å²) in [4.78, 5) is 24.5. The first-order chi connectivity index (χ1) is 15.6. The van der Waals surface area contributed by atoms with Gasteiger partial charge >= 0.3 is 0 Å². The molecule has 1 aromatic carbocycles. The summed E-state index contributed by atoms with van der Waals surface area (Å²) in [5.41, 5.74) is 9.54. The van der Waals surface area contributed by atoms with E-state index in [1.165, 1.54) is 6.33 Å². The lowest BCUT2D eigenvalue weighted by molar-refractivity contribution is 0.0674. The fraction of sp³-hybridized carbons (Fsp3) is 0.364. The molecule has 0 radical (unpaired) electrons. The van der Waals surface area contributed by atoms with Crippen LogP contribution in [0.5, 0.6) is 0 Å². The molecule has 6 rings (SSSR count). The van der Waals surface area contributed by atoms with Gasteiger partial charge in [0.15, 0.2) is 5.65 Å². The highest BCUT2D eigenvalue weighted by Crippen LogP contribution is 2.39. The predicted octanol–water partition coefficient (Wildman–Crippen LogP) is 3.45. The number of ether oxygens (including phenoxy) is 1. The molecule has 1 aliphatic carbocycles. The van der Waals surface area contributed by atoms with Crippen molar-refractivity contribution >= 4 is 45.3 Å². The highest BCUT2D eigenvalue weighted by Gasteiger charge is 2.27. The van der Waals surface area contributed by atoms with Crippen LogP contribution in [-0.2, 0) is 4.74 Å². The van der Waals surface area contributed by atoms with Crippen LogP contribution in [0.25, 0.3) is 33.3 Å². The van der Waals surface area contributed by atoms with E-state index in [2.05, 4.69) is 20.3 Å². The molecule has 4 aromatic rings. The number of nitrogens with one attached hydrogen (secondary N) is 2. The van der Waals surface area contributed by atoms with E-state index in [9.17, 15) is 4.79 Å². The number of aromatic nitrogens is 5. The summed E-state index contributed by atoms with van der Waals surface area (Å²) in [6.07, 6.45) is 5.23. The van der Waals surface area contributed by atoms with Gasteiger partial charge in [-0.1, -0.05) is 17.7 Å². The van der Waals surface area contributed by atoms with Crippen LogP contribution < -0.4 is 11.1 Å². The van der Waals surface area contributed by atoms with Crippen molar-refractivity contribution in [2.75, 3.05) is 18.9 Å². The molecule has 4 N–H and O–H groups in total. The van der Waals surface area contributed by atoms with Crippen LogP contribution in [0.2, 0.25) is 5.02 Å². The van der Waals surface area contributed by atoms with Crippen LogP contribution in [0.4, 0.5) is 5.82 Å². The first-order valence-electron chi connectivity index (χ1n) is 10.8. The Labute approximate surface area is 188 Å². The largest absolute Gasteiger partial charge is 0.383 e. The molecule has 4 heterocycles. The zero-order valence-electron chi connectivity index (χ0n) is 17.3. The highest BCUT2D eigenvalue weighted by atomic mass is 35.5.